The molecule has 1 heterocycles. The quantitative estimate of drug-likeness (QED) is 0.833. The van der Waals surface area contributed by atoms with Crippen LogP contribution in [0.3, 0.4) is 0 Å². The number of aromatic nitrogens is 3. The Kier molecular flexibility index (Phi) is 4.99. The number of carbonyl (C=O) groups is 1. The van der Waals surface area contributed by atoms with Gasteiger partial charge in [-0.3, -0.25) is 4.79 Å². The minimum absolute atomic E-state index is 0.0804. The summed E-state index contributed by atoms with van der Waals surface area (Å²) in [5.74, 6) is -1.12. The van der Waals surface area contributed by atoms with Gasteiger partial charge in [0.25, 0.3) is 5.91 Å². The van der Waals surface area contributed by atoms with Crippen LogP contribution in [0.4, 0.5) is 4.39 Å². The van der Waals surface area contributed by atoms with Crippen LogP contribution in [0.1, 0.15) is 49.0 Å². The Labute approximate surface area is 138 Å². The highest BCUT2D eigenvalue weighted by molar-refractivity contribution is 7.89. The molecule has 3 N–H and O–H groups in total. The molecule has 1 aromatic carbocycles. The monoisotopic (exact) mass is 355 g/mol. The van der Waals surface area contributed by atoms with Crippen molar-refractivity contribution in [3.05, 3.63) is 41.7 Å². The van der Waals surface area contributed by atoms with Crippen LogP contribution in [0.15, 0.2) is 29.4 Å². The molecule has 24 heavy (non-hydrogen) atoms. The summed E-state index contributed by atoms with van der Waals surface area (Å²) in [6.07, 6.45) is 1.53. The number of nitrogens with one attached hydrogen (secondary N) is 1. The number of benzene rings is 1. The second-order valence-corrected chi connectivity index (χ2v) is 7.13. The Morgan fingerprint density at radius 3 is 2.58 bits per heavy atom. The first-order valence-corrected chi connectivity index (χ1v) is 8.68. The smallest absolute Gasteiger partial charge is 0.254 e. The predicted octanol–water partition coefficient (Wildman–Crippen LogP) is 1.14. The van der Waals surface area contributed by atoms with Crippen molar-refractivity contribution >= 4 is 15.9 Å². The number of amides is 1. The number of nitrogens with two attached hydrogens (primary N) is 1. The third-order valence-corrected chi connectivity index (χ3v) is 4.31. The predicted molar refractivity (Wildman–Crippen MR) is 84.1 cm³/mol. The Hall–Kier alpha value is -2.33. The molecule has 1 amide bonds. The van der Waals surface area contributed by atoms with Crippen molar-refractivity contribution in [3.8, 4) is 0 Å². The molecule has 0 aliphatic carbocycles. The number of nitrogens with zero attached hydrogens (tertiary/aromatic N) is 3. The van der Waals surface area contributed by atoms with E-state index in [1.807, 2.05) is 13.8 Å². The first-order valence-electron chi connectivity index (χ1n) is 7.14. The fraction of sp³-hybridized carbons (Fsp3) is 0.357. The summed E-state index contributed by atoms with van der Waals surface area (Å²) in [7, 11) is -4.04. The van der Waals surface area contributed by atoms with Crippen LogP contribution in [0.25, 0.3) is 0 Å². The summed E-state index contributed by atoms with van der Waals surface area (Å²) in [4.78, 5) is 11.9. The summed E-state index contributed by atoms with van der Waals surface area (Å²) in [6.45, 7) is 5.52. The highest BCUT2D eigenvalue weighted by Gasteiger charge is 2.21. The highest BCUT2D eigenvalue weighted by Crippen LogP contribution is 2.17. The molecule has 1 atom stereocenters. The molecule has 0 aliphatic rings. The number of primary sulfonamides is 1. The molecule has 130 valence electrons. The van der Waals surface area contributed by atoms with E-state index in [0.29, 0.717) is 5.82 Å². The molecule has 2 rings (SSSR count). The lowest BCUT2D eigenvalue weighted by atomic mass is 10.2. The second kappa shape index (κ2) is 6.65. The van der Waals surface area contributed by atoms with Crippen molar-refractivity contribution in [2.75, 3.05) is 0 Å². The average molecular weight is 355 g/mol. The number of halogens is 1. The molecule has 10 heteroatoms. The number of rotatable bonds is 5. The zero-order valence-corrected chi connectivity index (χ0v) is 14.2. The molecular formula is C14H18FN5O3S. The van der Waals surface area contributed by atoms with Crippen molar-refractivity contribution in [1.82, 2.24) is 20.1 Å². The van der Waals surface area contributed by atoms with Gasteiger partial charge in [-0.1, -0.05) is 0 Å². The maximum atomic E-state index is 13.9. The molecule has 2 aromatic rings. The van der Waals surface area contributed by atoms with E-state index >= 15 is 0 Å². The fourth-order valence-electron chi connectivity index (χ4n) is 2.15. The molecule has 0 radical (unpaired) electrons. The molecule has 0 bridgehead atoms. The summed E-state index contributed by atoms with van der Waals surface area (Å²) in [5, 5.41) is 15.3. The van der Waals surface area contributed by atoms with Crippen LogP contribution in [-0.2, 0) is 10.0 Å². The van der Waals surface area contributed by atoms with Crippen LogP contribution in [-0.4, -0.2) is 29.1 Å². The molecule has 0 saturated carbocycles. The van der Waals surface area contributed by atoms with Crippen molar-refractivity contribution < 1.29 is 17.6 Å². The molecule has 1 aromatic heterocycles. The van der Waals surface area contributed by atoms with Crippen LogP contribution in [0.2, 0.25) is 0 Å². The standard InChI is InChI=1S/C14H18FN5O3S/c1-8(2)20-7-17-19-13(20)9(3)18-14(21)11-6-10(24(16,22)23)4-5-12(11)15/h4-9H,1-3H3,(H,18,21)(H2,16,22,23)/t9-/m1/s1. The van der Waals surface area contributed by atoms with Gasteiger partial charge in [-0.2, -0.15) is 0 Å². The first kappa shape index (κ1) is 18.0. The Morgan fingerprint density at radius 2 is 2.00 bits per heavy atom. The summed E-state index contributed by atoms with van der Waals surface area (Å²) in [6, 6.07) is 2.31. The molecular weight excluding hydrogens is 337 g/mol. The van der Waals surface area contributed by atoms with E-state index in [2.05, 4.69) is 15.5 Å². The summed E-state index contributed by atoms with van der Waals surface area (Å²) < 4.78 is 38.3. The molecule has 0 aliphatic heterocycles. The van der Waals surface area contributed by atoms with Gasteiger partial charge in [0.1, 0.15) is 12.1 Å². The summed E-state index contributed by atoms with van der Waals surface area (Å²) >= 11 is 0. The van der Waals surface area contributed by atoms with Crippen LogP contribution in [0.5, 0.6) is 0 Å². The molecule has 0 spiro atoms. The third kappa shape index (κ3) is 3.77. The second-order valence-electron chi connectivity index (χ2n) is 5.57. The average Bonchev–Trinajstić information content (AvgIpc) is 2.95. The van der Waals surface area contributed by atoms with Gasteiger partial charge in [-0.25, -0.2) is 17.9 Å². The number of sulfonamides is 1. The topological polar surface area (TPSA) is 120 Å². The van der Waals surface area contributed by atoms with Gasteiger partial charge in [0, 0.05) is 6.04 Å². The van der Waals surface area contributed by atoms with E-state index < -0.39 is 33.4 Å². The molecule has 8 nitrogen and oxygen atoms in total. The van der Waals surface area contributed by atoms with Gasteiger partial charge in [-0.15, -0.1) is 10.2 Å². The lowest BCUT2D eigenvalue weighted by Gasteiger charge is -2.17. The van der Waals surface area contributed by atoms with Crippen LogP contribution in [0, 0.1) is 5.82 Å². The van der Waals surface area contributed by atoms with E-state index in [1.165, 1.54) is 6.33 Å². The van der Waals surface area contributed by atoms with Crippen molar-refractivity contribution in [3.63, 3.8) is 0 Å². The Bertz CT molecular complexity index is 863. The minimum Gasteiger partial charge on any atom is -0.342 e. The van der Waals surface area contributed by atoms with Crippen molar-refractivity contribution in [2.45, 2.75) is 37.8 Å². The highest BCUT2D eigenvalue weighted by atomic mass is 32.2. The number of carbonyl (C=O) groups excluding carboxylic acids is 1. The van der Waals surface area contributed by atoms with E-state index in [-0.39, 0.29) is 10.9 Å². The summed E-state index contributed by atoms with van der Waals surface area (Å²) in [5.41, 5.74) is -0.413. The molecule has 0 fully saturated rings. The van der Waals surface area contributed by atoms with Gasteiger partial charge >= 0.3 is 0 Å². The van der Waals surface area contributed by atoms with Crippen LogP contribution >= 0.6 is 0 Å². The Morgan fingerprint density at radius 1 is 1.33 bits per heavy atom. The zero-order valence-electron chi connectivity index (χ0n) is 13.4. The lowest BCUT2D eigenvalue weighted by molar-refractivity contribution is 0.0933. The van der Waals surface area contributed by atoms with E-state index in [0.717, 1.165) is 18.2 Å². The van der Waals surface area contributed by atoms with E-state index in [1.54, 1.807) is 11.5 Å². The third-order valence-electron chi connectivity index (χ3n) is 3.40. The minimum atomic E-state index is -4.04. The van der Waals surface area contributed by atoms with Gasteiger partial charge in [0.2, 0.25) is 10.0 Å². The van der Waals surface area contributed by atoms with Gasteiger partial charge in [0.15, 0.2) is 5.82 Å². The van der Waals surface area contributed by atoms with E-state index in [4.69, 9.17) is 5.14 Å². The number of hydrogen-bond acceptors (Lipinski definition) is 5. The fourth-order valence-corrected chi connectivity index (χ4v) is 2.69. The van der Waals surface area contributed by atoms with Gasteiger partial charge in [-0.05, 0) is 39.0 Å². The van der Waals surface area contributed by atoms with Crippen molar-refractivity contribution in [2.24, 2.45) is 5.14 Å². The first-order chi connectivity index (χ1) is 11.1. The SMILES string of the molecule is CC(C)n1cnnc1[C@@H](C)NC(=O)c1cc(S(N)(=O)=O)ccc1F. The largest absolute Gasteiger partial charge is 0.342 e. The van der Waals surface area contributed by atoms with Crippen molar-refractivity contribution in [1.29, 1.82) is 0 Å². The lowest BCUT2D eigenvalue weighted by Crippen LogP contribution is -2.30. The zero-order chi connectivity index (χ0) is 18.1. The van der Waals surface area contributed by atoms with Gasteiger partial charge in [0.05, 0.1) is 16.5 Å². The van der Waals surface area contributed by atoms with Crippen LogP contribution < -0.4 is 10.5 Å². The Balaban J connectivity index is 2.28. The maximum Gasteiger partial charge on any atom is 0.254 e. The number of hydrogen-bond donors (Lipinski definition) is 2. The normalized spacial score (nSPS) is 13.1. The van der Waals surface area contributed by atoms with Gasteiger partial charge < -0.3 is 9.88 Å². The van der Waals surface area contributed by atoms with E-state index in [9.17, 15) is 17.6 Å². The molecule has 0 saturated heterocycles. The molecule has 0 unspecified atom stereocenters. The maximum absolute atomic E-state index is 13.9.